The summed E-state index contributed by atoms with van der Waals surface area (Å²) in [5.74, 6) is -0.227. The lowest BCUT2D eigenvalue weighted by Gasteiger charge is -2.41. The largest absolute Gasteiger partial charge is 0.371 e. The first-order chi connectivity index (χ1) is 9.95. The maximum Gasteiger partial charge on any atom is 0.125 e. The van der Waals surface area contributed by atoms with E-state index in [1.807, 2.05) is 12.2 Å². The van der Waals surface area contributed by atoms with Crippen LogP contribution in [0.2, 0.25) is 0 Å². The molecule has 0 aromatic carbocycles. The van der Waals surface area contributed by atoms with E-state index in [1.54, 1.807) is 13.1 Å². The summed E-state index contributed by atoms with van der Waals surface area (Å²) in [4.78, 5) is 6.47. The Hall–Kier alpha value is -1.64. The third kappa shape index (κ3) is 3.72. The van der Waals surface area contributed by atoms with Crippen molar-refractivity contribution < 1.29 is 4.39 Å². The Balaban J connectivity index is 2.12. The van der Waals surface area contributed by atoms with Crippen molar-refractivity contribution in [3.63, 3.8) is 0 Å². The van der Waals surface area contributed by atoms with E-state index >= 15 is 0 Å². The summed E-state index contributed by atoms with van der Waals surface area (Å²) in [6.45, 7) is 13.9. The summed E-state index contributed by atoms with van der Waals surface area (Å²) in [5, 5.41) is 0. The van der Waals surface area contributed by atoms with Gasteiger partial charge in [0.2, 0.25) is 0 Å². The zero-order chi connectivity index (χ0) is 15.5. The van der Waals surface area contributed by atoms with Crippen LogP contribution in [0.15, 0.2) is 53.5 Å². The zero-order valence-electron chi connectivity index (χ0n) is 13.1. The maximum atomic E-state index is 13.9. The minimum atomic E-state index is -0.420. The quantitative estimate of drug-likeness (QED) is 0.701. The number of hydrogen-bond acceptors (Lipinski definition) is 2. The van der Waals surface area contributed by atoms with Crippen molar-refractivity contribution in [3.05, 3.63) is 48.5 Å². The average molecular weight is 288 g/mol. The summed E-state index contributed by atoms with van der Waals surface area (Å²) < 4.78 is 13.9. The molecule has 0 aliphatic carbocycles. The Kier molecular flexibility index (Phi) is 4.81. The predicted octanol–water partition coefficient (Wildman–Crippen LogP) is 4.43. The molecule has 1 saturated heterocycles. The third-order valence-corrected chi connectivity index (χ3v) is 4.53. The van der Waals surface area contributed by atoms with Crippen molar-refractivity contribution in [1.29, 1.82) is 0 Å². The number of hydrogen-bond donors (Lipinski definition) is 0. The molecule has 3 heteroatoms. The van der Waals surface area contributed by atoms with E-state index in [4.69, 9.17) is 0 Å². The molecule has 2 aliphatic heterocycles. The number of allylic oxidation sites excluding steroid dienone is 3. The fourth-order valence-electron chi connectivity index (χ4n) is 2.93. The lowest BCUT2D eigenvalue weighted by Crippen LogP contribution is -2.38. The van der Waals surface area contributed by atoms with Crippen molar-refractivity contribution in [3.8, 4) is 0 Å². The van der Waals surface area contributed by atoms with Gasteiger partial charge in [-0.1, -0.05) is 19.6 Å². The monoisotopic (exact) mass is 288 g/mol. The van der Waals surface area contributed by atoms with E-state index < -0.39 is 6.04 Å². The van der Waals surface area contributed by atoms with Crippen LogP contribution < -0.4 is 0 Å². The van der Waals surface area contributed by atoms with Gasteiger partial charge in [0.25, 0.3) is 0 Å². The minimum absolute atomic E-state index is 0.227. The molecule has 1 unspecified atom stereocenters. The number of likely N-dealkylation sites (tertiary alicyclic amines) is 1. The summed E-state index contributed by atoms with van der Waals surface area (Å²) >= 11 is 0. The van der Waals surface area contributed by atoms with Crippen LogP contribution in [0.1, 0.15) is 33.1 Å². The zero-order valence-corrected chi connectivity index (χ0v) is 13.1. The molecule has 0 aromatic rings. The van der Waals surface area contributed by atoms with Gasteiger partial charge in [-0.05, 0) is 49.3 Å². The first-order valence-electron chi connectivity index (χ1n) is 7.61. The Bertz CT molecular complexity index is 505. The average Bonchev–Trinajstić information content (AvgIpc) is 2.43. The summed E-state index contributed by atoms with van der Waals surface area (Å²) in [7, 11) is 0. The molecule has 2 nitrogen and oxygen atoms in total. The van der Waals surface area contributed by atoms with Crippen LogP contribution in [-0.2, 0) is 0 Å². The fourth-order valence-corrected chi connectivity index (χ4v) is 2.93. The standard InChI is InChI=1S/C18H25FN2/c1-5-7-18(4)8-11-21(12-9-18)17-6-10-20-15(3)16(19)13-14(17)2/h5-6,10,13,15H,1-2,7-9,11-12H2,3-4H3/b16-13+,17-6+,20-10-. The molecule has 0 aromatic heterocycles. The van der Waals surface area contributed by atoms with Gasteiger partial charge in [-0.3, -0.25) is 4.99 Å². The molecular weight excluding hydrogens is 263 g/mol. The second-order valence-corrected chi connectivity index (χ2v) is 6.37. The Morgan fingerprint density at radius 3 is 2.76 bits per heavy atom. The van der Waals surface area contributed by atoms with Gasteiger partial charge in [-0.2, -0.15) is 0 Å². The van der Waals surface area contributed by atoms with Gasteiger partial charge in [0.05, 0.1) is 6.04 Å². The van der Waals surface area contributed by atoms with Crippen LogP contribution in [-0.4, -0.2) is 30.2 Å². The highest BCUT2D eigenvalue weighted by atomic mass is 19.1. The molecular formula is C18H25FN2. The molecule has 0 spiro atoms. The molecule has 2 rings (SSSR count). The van der Waals surface area contributed by atoms with Crippen LogP contribution in [0.5, 0.6) is 0 Å². The molecule has 1 fully saturated rings. The van der Waals surface area contributed by atoms with Gasteiger partial charge in [0.15, 0.2) is 0 Å². The van der Waals surface area contributed by atoms with Crippen molar-refractivity contribution in [2.24, 2.45) is 10.4 Å². The smallest absolute Gasteiger partial charge is 0.125 e. The normalized spacial score (nSPS) is 32.2. The first kappa shape index (κ1) is 15.7. The predicted molar refractivity (Wildman–Crippen MR) is 88.1 cm³/mol. The van der Waals surface area contributed by atoms with E-state index in [9.17, 15) is 4.39 Å². The number of nitrogens with zero attached hydrogens (tertiary/aromatic N) is 2. The Labute approximate surface area is 127 Å². The molecule has 1 atom stereocenters. The molecule has 2 aliphatic rings. The first-order valence-corrected chi connectivity index (χ1v) is 7.61. The topological polar surface area (TPSA) is 15.6 Å². The summed E-state index contributed by atoms with van der Waals surface area (Å²) in [6.07, 6.45) is 10.5. The van der Waals surface area contributed by atoms with Gasteiger partial charge in [0, 0.05) is 25.0 Å². The minimum Gasteiger partial charge on any atom is -0.371 e. The van der Waals surface area contributed by atoms with Crippen LogP contribution >= 0.6 is 0 Å². The second kappa shape index (κ2) is 6.42. The van der Waals surface area contributed by atoms with Gasteiger partial charge in [0.1, 0.15) is 5.83 Å². The van der Waals surface area contributed by atoms with E-state index in [2.05, 4.69) is 30.0 Å². The molecule has 0 amide bonds. The third-order valence-electron chi connectivity index (χ3n) is 4.53. The SMILES string of the molecule is C=CCC1(C)CCN(/C2=C/C=N\C(C)/C(F)=C\C2=C)CC1. The fraction of sp³-hybridized carbons (Fsp3) is 0.500. The Morgan fingerprint density at radius 1 is 1.48 bits per heavy atom. The van der Waals surface area contributed by atoms with E-state index in [-0.39, 0.29) is 5.83 Å². The van der Waals surface area contributed by atoms with E-state index in [0.717, 1.165) is 43.6 Å². The highest BCUT2D eigenvalue weighted by Crippen LogP contribution is 2.36. The van der Waals surface area contributed by atoms with E-state index in [0.29, 0.717) is 5.41 Å². The van der Waals surface area contributed by atoms with Crippen LogP contribution in [0.25, 0.3) is 0 Å². The molecule has 114 valence electrons. The summed E-state index contributed by atoms with van der Waals surface area (Å²) in [6, 6.07) is -0.420. The van der Waals surface area contributed by atoms with Gasteiger partial charge in [-0.15, -0.1) is 6.58 Å². The maximum absolute atomic E-state index is 13.9. The van der Waals surface area contributed by atoms with Crippen molar-refractivity contribution in [1.82, 2.24) is 4.90 Å². The van der Waals surface area contributed by atoms with Crippen molar-refractivity contribution in [2.75, 3.05) is 13.1 Å². The number of aliphatic imine (C=N–C) groups is 1. The molecule has 0 radical (unpaired) electrons. The highest BCUT2D eigenvalue weighted by Gasteiger charge is 2.30. The highest BCUT2D eigenvalue weighted by molar-refractivity contribution is 5.74. The molecule has 0 saturated carbocycles. The van der Waals surface area contributed by atoms with Crippen LogP contribution in [0.4, 0.5) is 4.39 Å². The molecule has 2 heterocycles. The number of halogens is 1. The Morgan fingerprint density at radius 2 is 2.14 bits per heavy atom. The molecule has 0 bridgehead atoms. The van der Waals surface area contributed by atoms with Gasteiger partial charge >= 0.3 is 0 Å². The molecule has 21 heavy (non-hydrogen) atoms. The number of piperidine rings is 1. The number of rotatable bonds is 3. The van der Waals surface area contributed by atoms with Gasteiger partial charge in [-0.25, -0.2) is 4.39 Å². The summed E-state index contributed by atoms with van der Waals surface area (Å²) in [5.41, 5.74) is 2.06. The van der Waals surface area contributed by atoms with Crippen LogP contribution in [0, 0.1) is 5.41 Å². The van der Waals surface area contributed by atoms with Crippen molar-refractivity contribution >= 4 is 6.21 Å². The lowest BCUT2D eigenvalue weighted by molar-refractivity contribution is 0.149. The van der Waals surface area contributed by atoms with Crippen LogP contribution in [0.3, 0.4) is 0 Å². The van der Waals surface area contributed by atoms with Gasteiger partial charge < -0.3 is 4.90 Å². The van der Waals surface area contributed by atoms with Crippen molar-refractivity contribution in [2.45, 2.75) is 39.2 Å². The lowest BCUT2D eigenvalue weighted by atomic mass is 9.77. The second-order valence-electron chi connectivity index (χ2n) is 6.37. The molecule has 0 N–H and O–H groups in total. The van der Waals surface area contributed by atoms with E-state index in [1.165, 1.54) is 6.08 Å².